The maximum atomic E-state index is 13.8. The van der Waals surface area contributed by atoms with Crippen molar-refractivity contribution >= 4 is 35.3 Å². The highest BCUT2D eigenvalue weighted by molar-refractivity contribution is 6.16. The number of amides is 4. The van der Waals surface area contributed by atoms with Crippen LogP contribution in [0.2, 0.25) is 0 Å². The van der Waals surface area contributed by atoms with E-state index in [9.17, 15) is 28.9 Å². The van der Waals surface area contributed by atoms with Crippen LogP contribution in [-0.4, -0.2) is 45.9 Å². The molecule has 0 spiro atoms. The summed E-state index contributed by atoms with van der Waals surface area (Å²) in [5.41, 5.74) is 2.07. The van der Waals surface area contributed by atoms with Gasteiger partial charge in [-0.15, -0.1) is 0 Å². The van der Waals surface area contributed by atoms with Crippen LogP contribution in [0.1, 0.15) is 17.0 Å². The Bertz CT molecular complexity index is 1480. The van der Waals surface area contributed by atoms with Crippen molar-refractivity contribution in [1.29, 1.82) is 0 Å². The number of nitro benzene ring substituents is 1. The van der Waals surface area contributed by atoms with Crippen molar-refractivity contribution in [2.45, 2.75) is 13.8 Å². The van der Waals surface area contributed by atoms with Crippen molar-refractivity contribution < 1.29 is 28.4 Å². The number of rotatable bonds is 7. The first-order valence-corrected chi connectivity index (χ1v) is 11.0. The molecule has 0 saturated carbocycles. The van der Waals surface area contributed by atoms with E-state index in [1.54, 1.807) is 24.5 Å². The Morgan fingerprint density at radius 1 is 1.19 bits per heavy atom. The number of non-ortho nitro benzene ring substituents is 1. The lowest BCUT2D eigenvalue weighted by Crippen LogP contribution is -2.38. The monoisotopic (exact) mass is 507 g/mol. The predicted octanol–water partition coefficient (Wildman–Crippen LogP) is 3.68. The summed E-state index contributed by atoms with van der Waals surface area (Å²) in [6.07, 6.45) is 1.46. The number of benzene rings is 2. The van der Waals surface area contributed by atoms with Crippen molar-refractivity contribution in [1.82, 2.24) is 14.8 Å². The Hall–Kier alpha value is -5.00. The summed E-state index contributed by atoms with van der Waals surface area (Å²) in [6.45, 7) is 2.92. The number of imide groups is 1. The Labute approximate surface area is 210 Å². The molecule has 0 radical (unpaired) electrons. The van der Waals surface area contributed by atoms with E-state index in [-0.39, 0.29) is 17.1 Å². The molecule has 4 rings (SSSR count). The van der Waals surface area contributed by atoms with Gasteiger partial charge in [0.2, 0.25) is 5.91 Å². The minimum atomic E-state index is -0.797. The number of carbonyl (C=O) groups is 3. The van der Waals surface area contributed by atoms with Crippen LogP contribution in [0, 0.1) is 29.8 Å². The summed E-state index contributed by atoms with van der Waals surface area (Å²) < 4.78 is 20.9. The van der Waals surface area contributed by atoms with Gasteiger partial charge in [0.25, 0.3) is 11.6 Å². The molecule has 37 heavy (non-hydrogen) atoms. The average Bonchev–Trinajstić information content (AvgIpc) is 3.28. The summed E-state index contributed by atoms with van der Waals surface area (Å²) in [5.74, 6) is -1.72. The molecule has 2 aromatic carbocycles. The third-order valence-electron chi connectivity index (χ3n) is 5.80. The topological polar surface area (TPSA) is 136 Å². The molecule has 0 bridgehead atoms. The maximum absolute atomic E-state index is 13.8. The zero-order chi connectivity index (χ0) is 26.9. The molecule has 0 atom stereocenters. The molecule has 190 valence electrons. The van der Waals surface area contributed by atoms with E-state index in [1.807, 2.05) is 0 Å². The Morgan fingerprint density at radius 2 is 1.92 bits per heavy atom. The number of aryl methyl sites for hydroxylation is 1. The van der Waals surface area contributed by atoms with Crippen molar-refractivity contribution in [3.63, 3.8) is 0 Å². The molecular formula is C25H22FN5O6. The summed E-state index contributed by atoms with van der Waals surface area (Å²) >= 11 is 0. The number of halogens is 1. The van der Waals surface area contributed by atoms with Gasteiger partial charge in [-0.3, -0.25) is 19.7 Å². The van der Waals surface area contributed by atoms with Gasteiger partial charge in [0.05, 0.1) is 23.4 Å². The third-order valence-corrected chi connectivity index (χ3v) is 5.80. The Morgan fingerprint density at radius 3 is 2.59 bits per heavy atom. The van der Waals surface area contributed by atoms with Crippen LogP contribution in [0.4, 0.5) is 20.6 Å². The van der Waals surface area contributed by atoms with E-state index >= 15 is 0 Å². The molecule has 1 aliphatic rings. The lowest BCUT2D eigenvalue weighted by molar-refractivity contribution is -0.384. The number of anilines is 1. The zero-order valence-electron chi connectivity index (χ0n) is 20.1. The fraction of sp³-hybridized carbons (Fsp3) is 0.160. The molecular weight excluding hydrogens is 485 g/mol. The fourth-order valence-electron chi connectivity index (χ4n) is 4.04. The van der Waals surface area contributed by atoms with Gasteiger partial charge in [-0.05, 0) is 49.8 Å². The molecule has 2 N–H and O–H groups in total. The molecule has 0 unspecified atom stereocenters. The molecule has 3 aromatic rings. The van der Waals surface area contributed by atoms with Crippen LogP contribution in [0.5, 0.6) is 5.75 Å². The number of carbonyl (C=O) groups excluding carboxylic acids is 3. The number of hydrogen-bond acceptors (Lipinski definition) is 6. The van der Waals surface area contributed by atoms with E-state index in [2.05, 4.69) is 10.6 Å². The molecule has 1 aromatic heterocycles. The largest absolute Gasteiger partial charge is 0.495 e. The highest BCUT2D eigenvalue weighted by Crippen LogP contribution is 2.32. The highest BCUT2D eigenvalue weighted by atomic mass is 19.1. The number of urea groups is 1. The van der Waals surface area contributed by atoms with Crippen LogP contribution < -0.4 is 15.4 Å². The van der Waals surface area contributed by atoms with E-state index in [1.165, 1.54) is 55.7 Å². The summed E-state index contributed by atoms with van der Waals surface area (Å²) in [7, 11) is 1.45. The second kappa shape index (κ2) is 9.93. The number of para-hydroxylation sites is 1. The van der Waals surface area contributed by atoms with E-state index in [4.69, 9.17) is 4.74 Å². The van der Waals surface area contributed by atoms with Crippen LogP contribution in [0.3, 0.4) is 0 Å². The van der Waals surface area contributed by atoms with Crippen LogP contribution >= 0.6 is 0 Å². The Balaban J connectivity index is 1.60. The fourth-order valence-corrected chi connectivity index (χ4v) is 4.04. The number of methoxy groups -OCH3 is 1. The predicted molar refractivity (Wildman–Crippen MR) is 132 cm³/mol. The summed E-state index contributed by atoms with van der Waals surface area (Å²) in [6, 6.07) is 10.7. The molecule has 4 amide bonds. The quantitative estimate of drug-likeness (QED) is 0.217. The lowest BCUT2D eigenvalue weighted by atomic mass is 10.2. The number of nitrogens with zero attached hydrogens (tertiary/aromatic N) is 3. The third kappa shape index (κ3) is 4.89. The second-order valence-electron chi connectivity index (χ2n) is 8.18. The Kier molecular flexibility index (Phi) is 6.74. The normalized spacial score (nSPS) is 14.2. The number of nitrogens with one attached hydrogen (secondary N) is 2. The van der Waals surface area contributed by atoms with E-state index in [0.717, 1.165) is 0 Å². The van der Waals surface area contributed by atoms with Crippen molar-refractivity contribution in [2.24, 2.45) is 0 Å². The van der Waals surface area contributed by atoms with Gasteiger partial charge in [-0.1, -0.05) is 12.1 Å². The van der Waals surface area contributed by atoms with E-state index in [0.29, 0.717) is 33.3 Å². The number of nitro groups is 1. The van der Waals surface area contributed by atoms with Gasteiger partial charge >= 0.3 is 6.03 Å². The summed E-state index contributed by atoms with van der Waals surface area (Å²) in [4.78, 5) is 49.1. The van der Waals surface area contributed by atoms with Gasteiger partial charge in [0, 0.05) is 23.5 Å². The van der Waals surface area contributed by atoms with Crippen molar-refractivity contribution in [3.8, 4) is 11.4 Å². The van der Waals surface area contributed by atoms with Gasteiger partial charge < -0.3 is 19.9 Å². The summed E-state index contributed by atoms with van der Waals surface area (Å²) in [5, 5.41) is 16.1. The standard InChI is InChI=1S/C25H22FN5O6/c1-14-10-16(15(2)30(14)21-12-17(31(35)36)8-9-22(21)37-3)11-20-24(33)29(25(34)28-20)13-23(32)27-19-7-5-4-6-18(19)26/h4-12H,13H2,1-3H3,(H,27,32)(H,28,34)/b20-11+. The molecule has 1 saturated heterocycles. The van der Waals surface area contributed by atoms with Gasteiger partial charge in [0.1, 0.15) is 23.8 Å². The number of hydrogen-bond donors (Lipinski definition) is 2. The van der Waals surface area contributed by atoms with Gasteiger partial charge in [-0.2, -0.15) is 0 Å². The maximum Gasteiger partial charge on any atom is 0.329 e. The van der Waals surface area contributed by atoms with Gasteiger partial charge in [-0.25, -0.2) is 14.1 Å². The van der Waals surface area contributed by atoms with Crippen molar-refractivity contribution in [3.05, 3.63) is 87.1 Å². The SMILES string of the molecule is COc1ccc([N+](=O)[O-])cc1-n1c(C)cc(/C=C2/NC(=O)N(CC(=O)Nc3ccccc3F)C2=O)c1C. The van der Waals surface area contributed by atoms with Crippen LogP contribution in [0.15, 0.2) is 54.2 Å². The molecule has 2 heterocycles. The molecule has 1 aliphatic heterocycles. The smallest absolute Gasteiger partial charge is 0.329 e. The van der Waals surface area contributed by atoms with Gasteiger partial charge in [0.15, 0.2) is 0 Å². The zero-order valence-corrected chi connectivity index (χ0v) is 20.1. The van der Waals surface area contributed by atoms with Crippen LogP contribution in [-0.2, 0) is 9.59 Å². The molecule has 0 aliphatic carbocycles. The minimum Gasteiger partial charge on any atom is -0.495 e. The first-order chi connectivity index (χ1) is 17.6. The first kappa shape index (κ1) is 25.1. The highest BCUT2D eigenvalue weighted by Gasteiger charge is 2.35. The number of ether oxygens (including phenoxy) is 1. The lowest BCUT2D eigenvalue weighted by Gasteiger charge is -2.14. The number of aromatic nitrogens is 1. The molecule has 11 nitrogen and oxygen atoms in total. The van der Waals surface area contributed by atoms with Crippen LogP contribution in [0.25, 0.3) is 11.8 Å². The van der Waals surface area contributed by atoms with Crippen molar-refractivity contribution in [2.75, 3.05) is 19.0 Å². The molecule has 1 fully saturated rings. The average molecular weight is 507 g/mol. The molecule has 12 heteroatoms. The van der Waals surface area contributed by atoms with E-state index < -0.39 is 35.1 Å². The first-order valence-electron chi connectivity index (χ1n) is 11.0. The second-order valence-corrected chi connectivity index (χ2v) is 8.18. The minimum absolute atomic E-state index is 0.0602.